The number of hydrogen-bond donors (Lipinski definition) is 3. The van der Waals surface area contributed by atoms with Gasteiger partial charge in [-0.15, -0.1) is 0 Å². The van der Waals surface area contributed by atoms with Crippen molar-refractivity contribution < 1.29 is 14.3 Å². The third-order valence-corrected chi connectivity index (χ3v) is 5.49. The number of nitrogens with one attached hydrogen (secondary N) is 3. The van der Waals surface area contributed by atoms with Crippen LogP contribution in [0.25, 0.3) is 0 Å². The number of carbonyl (C=O) groups is 2. The van der Waals surface area contributed by atoms with E-state index in [4.69, 9.17) is 4.74 Å². The second-order valence-electron chi connectivity index (χ2n) is 7.49. The van der Waals surface area contributed by atoms with Gasteiger partial charge in [0.2, 0.25) is 0 Å². The average molecular weight is 396 g/mol. The molecule has 2 saturated heterocycles. The molecule has 8 nitrogen and oxygen atoms in total. The SMILES string of the molecule is Cn1ccc(C(=O)NCc2cccc([C@@H]3NC(=O)N[C@H]4OCCC[C@H]43)c2)cc1=O. The van der Waals surface area contributed by atoms with Gasteiger partial charge in [-0.3, -0.25) is 9.59 Å². The van der Waals surface area contributed by atoms with Crippen LogP contribution in [0.3, 0.4) is 0 Å². The van der Waals surface area contributed by atoms with E-state index < -0.39 is 0 Å². The van der Waals surface area contributed by atoms with Crippen molar-refractivity contribution in [3.63, 3.8) is 0 Å². The standard InChI is InChI=1S/C21H24N4O4/c1-25-8-7-15(11-17(25)26)19(27)22-12-13-4-2-5-14(10-13)18-16-6-3-9-29-20(16)24-21(28)23-18/h2,4-5,7-8,10-11,16,18,20H,3,6,9,12H2,1H3,(H,22,27)(H2,23,24,28)/t16-,18-,20-/m0/s1. The maximum atomic E-state index is 12.4. The van der Waals surface area contributed by atoms with Crippen molar-refractivity contribution in [3.8, 4) is 0 Å². The lowest BCUT2D eigenvalue weighted by atomic mass is 9.85. The molecule has 0 saturated carbocycles. The number of ether oxygens (including phenoxy) is 1. The smallest absolute Gasteiger partial charge is 0.317 e. The molecule has 2 aliphatic rings. The Labute approximate surface area is 168 Å². The number of pyridine rings is 1. The van der Waals surface area contributed by atoms with E-state index in [1.165, 1.54) is 10.6 Å². The third-order valence-electron chi connectivity index (χ3n) is 5.49. The Kier molecular flexibility index (Phi) is 5.35. The molecule has 3 heterocycles. The van der Waals surface area contributed by atoms with Gasteiger partial charge in [0.15, 0.2) is 0 Å². The summed E-state index contributed by atoms with van der Waals surface area (Å²) in [5, 5.41) is 8.70. The molecule has 3 atom stereocenters. The Morgan fingerprint density at radius 2 is 2.10 bits per heavy atom. The Hall–Kier alpha value is -3.13. The van der Waals surface area contributed by atoms with Crippen LogP contribution >= 0.6 is 0 Å². The summed E-state index contributed by atoms with van der Waals surface area (Å²) in [7, 11) is 1.64. The molecule has 29 heavy (non-hydrogen) atoms. The van der Waals surface area contributed by atoms with Gasteiger partial charge < -0.3 is 25.3 Å². The van der Waals surface area contributed by atoms with Gasteiger partial charge in [-0.1, -0.05) is 24.3 Å². The first-order chi connectivity index (χ1) is 14.0. The van der Waals surface area contributed by atoms with Crippen molar-refractivity contribution in [2.45, 2.75) is 31.7 Å². The van der Waals surface area contributed by atoms with Gasteiger partial charge in [0.25, 0.3) is 11.5 Å². The van der Waals surface area contributed by atoms with E-state index in [0.717, 1.165) is 24.0 Å². The van der Waals surface area contributed by atoms with Crippen LogP contribution in [0.15, 0.2) is 47.4 Å². The van der Waals surface area contributed by atoms with E-state index >= 15 is 0 Å². The zero-order valence-electron chi connectivity index (χ0n) is 16.2. The first-order valence-corrected chi connectivity index (χ1v) is 9.73. The Morgan fingerprint density at radius 3 is 2.93 bits per heavy atom. The van der Waals surface area contributed by atoms with E-state index in [2.05, 4.69) is 16.0 Å². The lowest BCUT2D eigenvalue weighted by Gasteiger charge is -2.42. The number of rotatable bonds is 4. The third kappa shape index (κ3) is 4.17. The largest absolute Gasteiger partial charge is 0.358 e. The van der Waals surface area contributed by atoms with E-state index in [1.807, 2.05) is 24.3 Å². The summed E-state index contributed by atoms with van der Waals surface area (Å²) in [4.78, 5) is 36.1. The minimum atomic E-state index is -0.302. The summed E-state index contributed by atoms with van der Waals surface area (Å²) in [6.45, 7) is 0.980. The Morgan fingerprint density at radius 1 is 1.24 bits per heavy atom. The van der Waals surface area contributed by atoms with Gasteiger partial charge in [-0.25, -0.2) is 4.79 Å². The van der Waals surface area contributed by atoms with Crippen molar-refractivity contribution in [1.82, 2.24) is 20.5 Å². The molecule has 3 amide bonds. The molecule has 2 aromatic rings. The predicted molar refractivity (Wildman–Crippen MR) is 106 cm³/mol. The maximum absolute atomic E-state index is 12.4. The van der Waals surface area contributed by atoms with Gasteiger partial charge in [-0.2, -0.15) is 0 Å². The van der Waals surface area contributed by atoms with Crippen LogP contribution in [0.4, 0.5) is 4.79 Å². The van der Waals surface area contributed by atoms with E-state index in [-0.39, 0.29) is 35.7 Å². The number of hydrogen-bond acceptors (Lipinski definition) is 4. The Balaban J connectivity index is 1.47. The highest BCUT2D eigenvalue weighted by Gasteiger charge is 2.39. The molecule has 4 rings (SSSR count). The summed E-state index contributed by atoms with van der Waals surface area (Å²) in [5.74, 6) is -0.143. The average Bonchev–Trinajstić information content (AvgIpc) is 2.73. The molecule has 0 spiro atoms. The van der Waals surface area contributed by atoms with Crippen molar-refractivity contribution in [3.05, 3.63) is 69.6 Å². The minimum Gasteiger partial charge on any atom is -0.358 e. The number of carbonyl (C=O) groups excluding carboxylic acids is 2. The fraction of sp³-hybridized carbons (Fsp3) is 0.381. The fourth-order valence-electron chi connectivity index (χ4n) is 3.91. The molecule has 2 fully saturated rings. The molecule has 2 aliphatic heterocycles. The molecular weight excluding hydrogens is 372 g/mol. The number of fused-ring (bicyclic) bond motifs is 1. The molecule has 0 radical (unpaired) electrons. The minimum absolute atomic E-state index is 0.137. The highest BCUT2D eigenvalue weighted by Crippen LogP contribution is 2.34. The van der Waals surface area contributed by atoms with Crippen LogP contribution in [0, 0.1) is 5.92 Å². The Bertz CT molecular complexity index is 987. The number of benzene rings is 1. The molecule has 1 aromatic heterocycles. The molecule has 0 bridgehead atoms. The summed E-state index contributed by atoms with van der Waals surface area (Å²) in [6.07, 6.45) is 3.22. The zero-order chi connectivity index (χ0) is 20.4. The maximum Gasteiger partial charge on any atom is 0.317 e. The molecule has 0 aliphatic carbocycles. The second-order valence-corrected chi connectivity index (χ2v) is 7.49. The summed E-state index contributed by atoms with van der Waals surface area (Å²) in [5.41, 5.74) is 2.00. The van der Waals surface area contributed by atoms with Crippen molar-refractivity contribution in [2.75, 3.05) is 6.61 Å². The number of aromatic nitrogens is 1. The first kappa shape index (κ1) is 19.2. The monoisotopic (exact) mass is 396 g/mol. The van der Waals surface area contributed by atoms with E-state index in [0.29, 0.717) is 18.7 Å². The second kappa shape index (κ2) is 8.08. The van der Waals surface area contributed by atoms with Gasteiger partial charge in [-0.05, 0) is 30.0 Å². The first-order valence-electron chi connectivity index (χ1n) is 9.73. The van der Waals surface area contributed by atoms with Crippen LogP contribution in [0.5, 0.6) is 0 Å². The number of urea groups is 1. The van der Waals surface area contributed by atoms with Crippen LogP contribution in [0.2, 0.25) is 0 Å². The van der Waals surface area contributed by atoms with Crippen molar-refractivity contribution in [1.29, 1.82) is 0 Å². The highest BCUT2D eigenvalue weighted by atomic mass is 16.5. The van der Waals surface area contributed by atoms with Crippen molar-refractivity contribution in [2.24, 2.45) is 13.0 Å². The molecular formula is C21H24N4O4. The molecule has 8 heteroatoms. The van der Waals surface area contributed by atoms with Crippen LogP contribution in [-0.4, -0.2) is 29.3 Å². The van der Waals surface area contributed by atoms with Gasteiger partial charge in [0.1, 0.15) is 6.23 Å². The van der Waals surface area contributed by atoms with Gasteiger partial charge in [0.05, 0.1) is 6.04 Å². The topological polar surface area (TPSA) is 101 Å². The summed E-state index contributed by atoms with van der Waals surface area (Å²) < 4.78 is 7.14. The van der Waals surface area contributed by atoms with Gasteiger partial charge >= 0.3 is 6.03 Å². The molecule has 1 aromatic carbocycles. The van der Waals surface area contributed by atoms with E-state index in [9.17, 15) is 14.4 Å². The molecule has 3 N–H and O–H groups in total. The predicted octanol–water partition coefficient (Wildman–Crippen LogP) is 1.42. The number of aryl methyl sites for hydroxylation is 1. The fourth-order valence-corrected chi connectivity index (χ4v) is 3.91. The van der Waals surface area contributed by atoms with Crippen LogP contribution in [0.1, 0.15) is 40.4 Å². The van der Waals surface area contributed by atoms with E-state index in [1.54, 1.807) is 19.3 Å². The number of amides is 3. The summed E-state index contributed by atoms with van der Waals surface area (Å²) >= 11 is 0. The van der Waals surface area contributed by atoms with Crippen molar-refractivity contribution >= 4 is 11.9 Å². The lowest BCUT2D eigenvalue weighted by molar-refractivity contribution is -0.0602. The normalized spacial score (nSPS) is 23.5. The highest BCUT2D eigenvalue weighted by molar-refractivity contribution is 5.93. The molecule has 0 unspecified atom stereocenters. The quantitative estimate of drug-likeness (QED) is 0.728. The lowest BCUT2D eigenvalue weighted by Crippen LogP contribution is -2.58. The molecule has 152 valence electrons. The van der Waals surface area contributed by atoms with Crippen LogP contribution < -0.4 is 21.5 Å². The zero-order valence-corrected chi connectivity index (χ0v) is 16.2. The van der Waals surface area contributed by atoms with Crippen LogP contribution in [-0.2, 0) is 18.3 Å². The van der Waals surface area contributed by atoms with Gasteiger partial charge in [0, 0.05) is 43.9 Å². The number of nitrogens with zero attached hydrogens (tertiary/aromatic N) is 1. The summed E-state index contributed by atoms with van der Waals surface area (Å²) in [6, 6.07) is 10.4.